The molecule has 2 aliphatic heterocycles. The summed E-state index contributed by atoms with van der Waals surface area (Å²) in [6, 6.07) is 8.47. The van der Waals surface area contributed by atoms with Crippen LogP contribution in [-0.2, 0) is 16.1 Å². The lowest BCUT2D eigenvalue weighted by Gasteiger charge is -2.36. The lowest BCUT2D eigenvalue weighted by Crippen LogP contribution is -2.49. The Hall–Kier alpha value is -2.04. The summed E-state index contributed by atoms with van der Waals surface area (Å²) in [5, 5.41) is 0. The lowest BCUT2D eigenvalue weighted by atomic mass is 9.95. The van der Waals surface area contributed by atoms with Crippen LogP contribution in [-0.4, -0.2) is 54.3 Å². The van der Waals surface area contributed by atoms with E-state index in [9.17, 15) is 9.59 Å². The zero-order valence-corrected chi connectivity index (χ0v) is 15.6. The molecule has 2 aliphatic rings. The van der Waals surface area contributed by atoms with Crippen molar-refractivity contribution in [1.82, 2.24) is 9.80 Å². The minimum absolute atomic E-state index is 0.0673. The van der Waals surface area contributed by atoms with Crippen LogP contribution >= 0.6 is 0 Å². The van der Waals surface area contributed by atoms with Crippen molar-refractivity contribution in [3.05, 3.63) is 29.8 Å². The predicted octanol–water partition coefficient (Wildman–Crippen LogP) is 2.50. The Bertz CT molecular complexity index is 646. The average molecular weight is 343 g/mol. The van der Waals surface area contributed by atoms with Crippen LogP contribution in [0.4, 0.5) is 5.69 Å². The molecule has 2 heterocycles. The molecule has 0 aliphatic carbocycles. The maximum atomic E-state index is 13.3. The molecule has 0 unspecified atom stereocenters. The number of amides is 2. The third kappa shape index (κ3) is 3.65. The fourth-order valence-electron chi connectivity index (χ4n) is 4.11. The molecular formula is C20H29N3O2. The number of likely N-dealkylation sites (N-methyl/N-ethyl adjacent to an activating group) is 1. The van der Waals surface area contributed by atoms with Gasteiger partial charge in [0.15, 0.2) is 0 Å². The van der Waals surface area contributed by atoms with Gasteiger partial charge >= 0.3 is 0 Å². The second kappa shape index (κ2) is 7.46. The summed E-state index contributed by atoms with van der Waals surface area (Å²) in [4.78, 5) is 31.4. The molecule has 1 aromatic carbocycles. The normalized spacial score (nSPS) is 23.9. The largest absolute Gasteiger partial charge is 0.372 e. The zero-order chi connectivity index (χ0) is 18.0. The maximum Gasteiger partial charge on any atom is 0.228 e. The highest BCUT2D eigenvalue weighted by Gasteiger charge is 2.34. The summed E-state index contributed by atoms with van der Waals surface area (Å²) in [5.41, 5.74) is 2.40. The van der Waals surface area contributed by atoms with Crippen LogP contribution in [0.2, 0.25) is 0 Å². The standard InChI is InChI=1S/C20H29N3O2/c1-4-19(24)22-11-7-9-17(13-22)20(25)23-14-16-8-5-6-10-18(16)21(3)12-15(23)2/h5-6,8,10,15,17H,4,7,9,11-14H2,1-3H3/t15-,17-/m0/s1. The monoisotopic (exact) mass is 343 g/mol. The number of piperidine rings is 1. The summed E-state index contributed by atoms with van der Waals surface area (Å²) >= 11 is 0. The predicted molar refractivity (Wildman–Crippen MR) is 99.3 cm³/mol. The van der Waals surface area contributed by atoms with E-state index in [1.54, 1.807) is 0 Å². The van der Waals surface area contributed by atoms with E-state index < -0.39 is 0 Å². The van der Waals surface area contributed by atoms with Crippen molar-refractivity contribution in [3.8, 4) is 0 Å². The van der Waals surface area contributed by atoms with Gasteiger partial charge in [-0.15, -0.1) is 0 Å². The van der Waals surface area contributed by atoms with Gasteiger partial charge < -0.3 is 14.7 Å². The molecule has 2 amide bonds. The first-order chi connectivity index (χ1) is 12.0. The highest BCUT2D eigenvalue weighted by molar-refractivity contribution is 5.82. The van der Waals surface area contributed by atoms with Crippen LogP contribution in [0.3, 0.4) is 0 Å². The van der Waals surface area contributed by atoms with Gasteiger partial charge in [-0.25, -0.2) is 0 Å². The number of carbonyl (C=O) groups excluding carboxylic acids is 2. The van der Waals surface area contributed by atoms with Gasteiger partial charge in [-0.2, -0.15) is 0 Å². The van der Waals surface area contributed by atoms with Crippen LogP contribution in [0.25, 0.3) is 0 Å². The molecule has 0 aromatic heterocycles. The molecule has 3 rings (SSSR count). The van der Waals surface area contributed by atoms with Crippen LogP contribution in [0.5, 0.6) is 0 Å². The van der Waals surface area contributed by atoms with Crippen molar-refractivity contribution < 1.29 is 9.59 Å². The number of nitrogens with zero attached hydrogens (tertiary/aromatic N) is 3. The molecule has 1 aromatic rings. The van der Waals surface area contributed by atoms with E-state index in [2.05, 4.69) is 31.0 Å². The van der Waals surface area contributed by atoms with Crippen molar-refractivity contribution in [3.63, 3.8) is 0 Å². The summed E-state index contributed by atoms with van der Waals surface area (Å²) in [6.45, 7) is 6.85. The van der Waals surface area contributed by atoms with Gasteiger partial charge in [-0.05, 0) is 31.4 Å². The Kier molecular flexibility index (Phi) is 5.30. The van der Waals surface area contributed by atoms with E-state index >= 15 is 0 Å². The second-order valence-corrected chi connectivity index (χ2v) is 7.36. The van der Waals surface area contributed by atoms with Gasteiger partial charge in [-0.1, -0.05) is 25.1 Å². The third-order valence-electron chi connectivity index (χ3n) is 5.52. The van der Waals surface area contributed by atoms with Gasteiger partial charge in [0, 0.05) is 51.4 Å². The van der Waals surface area contributed by atoms with Crippen molar-refractivity contribution >= 4 is 17.5 Å². The number of anilines is 1. The molecule has 0 bridgehead atoms. The SMILES string of the molecule is CCC(=O)N1CCC[C@H](C(=O)N2Cc3ccccc3N(C)C[C@@H]2C)C1. The van der Waals surface area contributed by atoms with E-state index in [0.29, 0.717) is 19.5 Å². The number of rotatable bonds is 2. The first kappa shape index (κ1) is 17.8. The average Bonchev–Trinajstić information content (AvgIpc) is 2.77. The second-order valence-electron chi connectivity index (χ2n) is 7.36. The smallest absolute Gasteiger partial charge is 0.228 e. The molecule has 5 heteroatoms. The fourth-order valence-corrected chi connectivity index (χ4v) is 4.11. The highest BCUT2D eigenvalue weighted by Crippen LogP contribution is 2.28. The minimum Gasteiger partial charge on any atom is -0.372 e. The minimum atomic E-state index is -0.0673. The van der Waals surface area contributed by atoms with Crippen LogP contribution in [0, 0.1) is 5.92 Å². The van der Waals surface area contributed by atoms with E-state index in [1.165, 1.54) is 11.3 Å². The molecule has 0 spiro atoms. The van der Waals surface area contributed by atoms with Gasteiger partial charge in [0.1, 0.15) is 0 Å². The molecule has 1 saturated heterocycles. The Balaban J connectivity index is 1.78. The van der Waals surface area contributed by atoms with Crippen LogP contribution in [0.1, 0.15) is 38.7 Å². The van der Waals surface area contributed by atoms with Crippen molar-refractivity contribution in [2.24, 2.45) is 5.92 Å². The molecule has 0 N–H and O–H groups in total. The molecule has 2 atom stereocenters. The third-order valence-corrected chi connectivity index (χ3v) is 5.52. The fraction of sp³-hybridized carbons (Fsp3) is 0.600. The first-order valence-corrected chi connectivity index (χ1v) is 9.38. The van der Waals surface area contributed by atoms with Gasteiger partial charge in [0.2, 0.25) is 11.8 Å². The van der Waals surface area contributed by atoms with Crippen molar-refractivity contribution in [2.45, 2.75) is 45.7 Å². The van der Waals surface area contributed by atoms with Crippen LogP contribution in [0.15, 0.2) is 24.3 Å². The zero-order valence-electron chi connectivity index (χ0n) is 15.6. The summed E-state index contributed by atoms with van der Waals surface area (Å²) in [5.74, 6) is 0.292. The Morgan fingerprint density at radius 3 is 2.72 bits per heavy atom. The summed E-state index contributed by atoms with van der Waals surface area (Å²) in [6.07, 6.45) is 2.31. The quantitative estimate of drug-likeness (QED) is 0.829. The summed E-state index contributed by atoms with van der Waals surface area (Å²) < 4.78 is 0. The molecule has 0 saturated carbocycles. The Labute approximate surface area is 150 Å². The number of carbonyl (C=O) groups is 2. The van der Waals surface area contributed by atoms with Crippen molar-refractivity contribution in [1.29, 1.82) is 0 Å². The molecule has 0 radical (unpaired) electrons. The number of likely N-dealkylation sites (tertiary alicyclic amines) is 1. The molecule has 136 valence electrons. The molecular weight excluding hydrogens is 314 g/mol. The van der Waals surface area contributed by atoms with Gasteiger partial charge in [0.05, 0.1) is 5.92 Å². The molecule has 25 heavy (non-hydrogen) atoms. The Morgan fingerprint density at radius 2 is 1.96 bits per heavy atom. The van der Waals surface area contributed by atoms with E-state index in [0.717, 1.165) is 25.9 Å². The van der Waals surface area contributed by atoms with E-state index in [4.69, 9.17) is 0 Å². The topological polar surface area (TPSA) is 43.9 Å². The Morgan fingerprint density at radius 1 is 1.20 bits per heavy atom. The number of fused-ring (bicyclic) bond motifs is 1. The van der Waals surface area contributed by atoms with Crippen LogP contribution < -0.4 is 4.90 Å². The van der Waals surface area contributed by atoms with Gasteiger partial charge in [-0.3, -0.25) is 9.59 Å². The van der Waals surface area contributed by atoms with E-state index in [-0.39, 0.29) is 23.8 Å². The first-order valence-electron chi connectivity index (χ1n) is 9.38. The molecule has 5 nitrogen and oxygen atoms in total. The number of hydrogen-bond acceptors (Lipinski definition) is 3. The number of hydrogen-bond donors (Lipinski definition) is 0. The maximum absolute atomic E-state index is 13.3. The molecule has 1 fully saturated rings. The number of para-hydroxylation sites is 1. The van der Waals surface area contributed by atoms with E-state index in [1.807, 2.05) is 28.9 Å². The lowest BCUT2D eigenvalue weighted by molar-refractivity contribution is -0.142. The highest BCUT2D eigenvalue weighted by atomic mass is 16.2. The number of benzene rings is 1. The van der Waals surface area contributed by atoms with Gasteiger partial charge in [0.25, 0.3) is 0 Å². The van der Waals surface area contributed by atoms with Crippen molar-refractivity contribution in [2.75, 3.05) is 31.6 Å². The summed E-state index contributed by atoms with van der Waals surface area (Å²) in [7, 11) is 2.09.